The van der Waals surface area contributed by atoms with Crippen molar-refractivity contribution in [2.45, 2.75) is 51.1 Å². The van der Waals surface area contributed by atoms with Crippen LogP contribution >= 0.6 is 11.6 Å². The van der Waals surface area contributed by atoms with Crippen LogP contribution in [0.4, 0.5) is 4.79 Å². The number of benzene rings is 1. The summed E-state index contributed by atoms with van der Waals surface area (Å²) >= 11 is 5.98. The molecule has 1 aliphatic carbocycles. The summed E-state index contributed by atoms with van der Waals surface area (Å²) < 4.78 is 10.7. The minimum Gasteiger partial charge on any atom is -0.463 e. The molecule has 1 saturated heterocycles. The van der Waals surface area contributed by atoms with Gasteiger partial charge in [0.1, 0.15) is 6.61 Å². The fourth-order valence-corrected chi connectivity index (χ4v) is 4.93. The number of amides is 3. The number of hydrogen-bond donors (Lipinski definition) is 2. The lowest BCUT2D eigenvalue weighted by Gasteiger charge is -2.29. The summed E-state index contributed by atoms with van der Waals surface area (Å²) in [6, 6.07) is 5.56. The number of rotatable bonds is 7. The van der Waals surface area contributed by atoms with Gasteiger partial charge in [0, 0.05) is 24.0 Å². The van der Waals surface area contributed by atoms with Gasteiger partial charge in [0.05, 0.1) is 29.8 Å². The van der Waals surface area contributed by atoms with Crippen molar-refractivity contribution in [1.29, 1.82) is 0 Å². The normalized spacial score (nSPS) is 23.1. The second kappa shape index (κ2) is 10.5. The second-order valence-electron chi connectivity index (χ2n) is 8.69. The maximum Gasteiger partial charge on any atom is 0.338 e. The second-order valence-corrected chi connectivity index (χ2v) is 9.13. The van der Waals surface area contributed by atoms with Crippen molar-refractivity contribution >= 4 is 35.5 Å². The van der Waals surface area contributed by atoms with Crippen molar-refractivity contribution in [3.05, 3.63) is 46.1 Å². The van der Waals surface area contributed by atoms with Crippen LogP contribution in [-0.4, -0.2) is 54.6 Å². The monoisotopic (exact) mass is 489 g/mol. The molecule has 1 aromatic carbocycles. The molecule has 10 heteroatoms. The number of carbonyl (C=O) groups excluding carboxylic acids is 4. The Morgan fingerprint density at radius 3 is 2.50 bits per heavy atom. The van der Waals surface area contributed by atoms with E-state index in [0.29, 0.717) is 17.1 Å². The Balaban J connectivity index is 1.51. The van der Waals surface area contributed by atoms with Crippen molar-refractivity contribution in [2.24, 2.45) is 5.92 Å². The summed E-state index contributed by atoms with van der Waals surface area (Å²) in [4.78, 5) is 52.2. The van der Waals surface area contributed by atoms with Crippen LogP contribution in [0, 0.1) is 5.92 Å². The van der Waals surface area contributed by atoms with Crippen LogP contribution in [0.2, 0.25) is 5.02 Å². The summed E-state index contributed by atoms with van der Waals surface area (Å²) in [6.45, 7) is 1.83. The van der Waals surface area contributed by atoms with Gasteiger partial charge < -0.3 is 25.0 Å². The summed E-state index contributed by atoms with van der Waals surface area (Å²) in [5, 5.41) is 5.80. The average molecular weight is 490 g/mol. The molecule has 0 radical (unpaired) electrons. The molecule has 1 aromatic rings. The van der Waals surface area contributed by atoms with Gasteiger partial charge in [-0.2, -0.15) is 0 Å². The zero-order valence-electron chi connectivity index (χ0n) is 19.0. The van der Waals surface area contributed by atoms with E-state index in [0.717, 1.165) is 25.7 Å². The van der Waals surface area contributed by atoms with E-state index in [1.807, 2.05) is 0 Å². The predicted molar refractivity (Wildman–Crippen MR) is 123 cm³/mol. The van der Waals surface area contributed by atoms with E-state index < -0.39 is 29.9 Å². The Kier molecular flexibility index (Phi) is 7.41. The molecule has 4 rings (SSSR count). The van der Waals surface area contributed by atoms with Gasteiger partial charge >= 0.3 is 18.0 Å². The molecule has 2 heterocycles. The molecular formula is C24H28ClN3O6. The highest BCUT2D eigenvalue weighted by molar-refractivity contribution is 6.30. The summed E-state index contributed by atoms with van der Waals surface area (Å²) in [7, 11) is 0. The molecule has 1 saturated carbocycles. The molecule has 2 atom stereocenters. The van der Waals surface area contributed by atoms with Crippen LogP contribution in [0.3, 0.4) is 0 Å². The lowest BCUT2D eigenvalue weighted by atomic mass is 9.95. The van der Waals surface area contributed by atoms with Gasteiger partial charge in [0.25, 0.3) is 0 Å². The van der Waals surface area contributed by atoms with Gasteiger partial charge in [0.2, 0.25) is 5.91 Å². The fraction of sp³-hybridized carbons (Fsp3) is 0.500. The van der Waals surface area contributed by atoms with Gasteiger partial charge in [0.15, 0.2) is 0 Å². The first-order chi connectivity index (χ1) is 16.4. The number of ether oxygens (including phenoxy) is 2. The first-order valence-electron chi connectivity index (χ1n) is 11.6. The van der Waals surface area contributed by atoms with Crippen LogP contribution < -0.4 is 10.6 Å². The highest BCUT2D eigenvalue weighted by atomic mass is 35.5. The number of halogens is 1. The molecule has 182 valence electrons. The van der Waals surface area contributed by atoms with E-state index in [9.17, 15) is 19.2 Å². The highest BCUT2D eigenvalue weighted by Gasteiger charge is 2.40. The number of likely N-dealkylation sites (tertiary alicyclic amines) is 1. The van der Waals surface area contributed by atoms with Gasteiger partial charge in [-0.25, -0.2) is 9.59 Å². The minimum atomic E-state index is -0.801. The van der Waals surface area contributed by atoms with Crippen molar-refractivity contribution in [1.82, 2.24) is 15.5 Å². The first kappa shape index (κ1) is 24.1. The van der Waals surface area contributed by atoms with Crippen molar-refractivity contribution in [3.8, 4) is 0 Å². The standard InChI is InChI=1S/C24H28ClN3O6/c1-2-33-23(31)20-18(26-24(32)27-21(20)14-7-9-16(25)10-8-14)13-34-22(30)15-11-19(29)28(12-15)17-5-3-4-6-17/h7-10,15,17,21H,2-6,11-13H2,1H3,(H2,26,27,32)/t15-,21+/m0/s1. The fourth-order valence-electron chi connectivity index (χ4n) is 4.81. The zero-order valence-corrected chi connectivity index (χ0v) is 19.7. The van der Waals surface area contributed by atoms with Crippen LogP contribution in [0.1, 0.15) is 50.6 Å². The lowest BCUT2D eigenvalue weighted by molar-refractivity contribution is -0.148. The zero-order chi connectivity index (χ0) is 24.2. The van der Waals surface area contributed by atoms with Crippen molar-refractivity contribution < 1.29 is 28.7 Å². The maximum atomic E-state index is 12.8. The Morgan fingerprint density at radius 1 is 1.12 bits per heavy atom. The van der Waals surface area contributed by atoms with E-state index in [1.54, 1.807) is 36.1 Å². The summed E-state index contributed by atoms with van der Waals surface area (Å²) in [5.74, 6) is -1.76. The van der Waals surface area contributed by atoms with Crippen LogP contribution in [0.5, 0.6) is 0 Å². The van der Waals surface area contributed by atoms with Crippen molar-refractivity contribution in [3.63, 3.8) is 0 Å². The Hall–Kier alpha value is -3.07. The van der Waals surface area contributed by atoms with E-state index in [-0.39, 0.29) is 42.9 Å². The molecule has 0 aromatic heterocycles. The Labute approximate surface area is 202 Å². The largest absolute Gasteiger partial charge is 0.463 e. The molecule has 0 spiro atoms. The van der Waals surface area contributed by atoms with Crippen molar-refractivity contribution in [2.75, 3.05) is 19.8 Å². The van der Waals surface area contributed by atoms with E-state index in [4.69, 9.17) is 21.1 Å². The number of carbonyl (C=O) groups is 4. The quantitative estimate of drug-likeness (QED) is 0.569. The number of urea groups is 1. The third-order valence-corrected chi connectivity index (χ3v) is 6.72. The number of esters is 2. The smallest absolute Gasteiger partial charge is 0.338 e. The minimum absolute atomic E-state index is 0.0294. The van der Waals surface area contributed by atoms with Crippen LogP contribution in [0.15, 0.2) is 35.5 Å². The molecule has 0 unspecified atom stereocenters. The summed E-state index contributed by atoms with van der Waals surface area (Å²) in [5.41, 5.74) is 0.916. The third kappa shape index (κ3) is 5.19. The molecule has 2 N–H and O–H groups in total. The molecule has 9 nitrogen and oxygen atoms in total. The third-order valence-electron chi connectivity index (χ3n) is 6.47. The van der Waals surface area contributed by atoms with Gasteiger partial charge in [-0.15, -0.1) is 0 Å². The molecular weight excluding hydrogens is 462 g/mol. The topological polar surface area (TPSA) is 114 Å². The molecule has 2 fully saturated rings. The highest BCUT2D eigenvalue weighted by Crippen LogP contribution is 2.31. The molecule has 2 aliphatic heterocycles. The average Bonchev–Trinajstić information content (AvgIpc) is 3.47. The van der Waals surface area contributed by atoms with E-state index in [2.05, 4.69) is 10.6 Å². The molecule has 34 heavy (non-hydrogen) atoms. The maximum absolute atomic E-state index is 12.8. The van der Waals surface area contributed by atoms with Gasteiger partial charge in [-0.05, 0) is 37.5 Å². The molecule has 3 aliphatic rings. The number of hydrogen-bond acceptors (Lipinski definition) is 6. The van der Waals surface area contributed by atoms with Gasteiger partial charge in [-0.1, -0.05) is 36.6 Å². The van der Waals surface area contributed by atoms with Crippen LogP contribution in [0.25, 0.3) is 0 Å². The lowest BCUT2D eigenvalue weighted by Crippen LogP contribution is -2.47. The SMILES string of the molecule is CCOC(=O)C1=C(COC(=O)[C@H]2CC(=O)N(C3CCCC3)C2)NC(=O)N[C@@H]1c1ccc(Cl)cc1. The number of nitrogens with zero attached hydrogens (tertiary/aromatic N) is 1. The first-order valence-corrected chi connectivity index (χ1v) is 11.9. The Bertz CT molecular complexity index is 1000. The predicted octanol–water partition coefficient (Wildman–Crippen LogP) is 2.85. The van der Waals surface area contributed by atoms with E-state index >= 15 is 0 Å². The molecule has 3 amide bonds. The summed E-state index contributed by atoms with van der Waals surface area (Å²) in [6.07, 6.45) is 4.23. The number of nitrogens with one attached hydrogen (secondary N) is 2. The molecule has 0 bridgehead atoms. The Morgan fingerprint density at radius 2 is 1.82 bits per heavy atom. The van der Waals surface area contributed by atoms with Crippen LogP contribution in [-0.2, 0) is 23.9 Å². The van der Waals surface area contributed by atoms with E-state index in [1.165, 1.54) is 0 Å². The van der Waals surface area contributed by atoms with Gasteiger partial charge in [-0.3, -0.25) is 9.59 Å².